The second-order valence-corrected chi connectivity index (χ2v) is 19.9. The van der Waals surface area contributed by atoms with E-state index in [1.807, 2.05) is 0 Å². The van der Waals surface area contributed by atoms with Gasteiger partial charge in [0.2, 0.25) is 0 Å². The van der Waals surface area contributed by atoms with Gasteiger partial charge in [0.05, 0.1) is 0 Å². The molecule has 2 radical (unpaired) electrons. The number of unbranched alkanes of at least 4 members (excludes halogenated alkanes) is 24. The molecule has 0 fully saturated rings. The van der Waals surface area contributed by atoms with Crippen molar-refractivity contribution < 1.29 is 57.2 Å². The van der Waals surface area contributed by atoms with E-state index in [1.165, 1.54) is 25.7 Å². The fraction of sp³-hybridized carbons (Fsp3) is 0.862. The van der Waals surface area contributed by atoms with E-state index in [2.05, 4.69) is 55.4 Å². The third-order valence-corrected chi connectivity index (χ3v) is 12.1. The maximum Gasteiger partial charge on any atom is 0.305 e. The van der Waals surface area contributed by atoms with Crippen LogP contribution in [0.3, 0.4) is 0 Å². The number of hydrogen-bond acceptors (Lipinski definition) is 12. The Morgan fingerprint density at radius 3 is 0.586 bits per heavy atom. The molecule has 0 aliphatic heterocycles. The van der Waals surface area contributed by atoms with Crippen LogP contribution in [0.2, 0.25) is 0 Å². The molecule has 12 heteroatoms. The predicted molar refractivity (Wildman–Crippen MR) is 282 cm³/mol. The van der Waals surface area contributed by atoms with E-state index < -0.39 is 10.8 Å². The minimum atomic E-state index is -1.18. The molecular weight excluding hydrogens is 889 g/mol. The molecule has 0 aliphatic carbocycles. The lowest BCUT2D eigenvalue weighted by molar-refractivity contribution is -0.171. The van der Waals surface area contributed by atoms with Crippen LogP contribution in [0.5, 0.6) is 0 Å². The molecule has 0 bridgehead atoms. The van der Waals surface area contributed by atoms with Gasteiger partial charge in [0, 0.05) is 43.9 Å². The van der Waals surface area contributed by atoms with Crippen LogP contribution in [0, 0.1) is 24.7 Å². The lowest BCUT2D eigenvalue weighted by atomic mass is 9.92. The maximum atomic E-state index is 12.7. The molecule has 0 aromatic rings. The van der Waals surface area contributed by atoms with Gasteiger partial charge >= 0.3 is 35.8 Å². The zero-order chi connectivity index (χ0) is 52.4. The molecule has 12 nitrogen and oxygen atoms in total. The summed E-state index contributed by atoms with van der Waals surface area (Å²) in [5, 5.41) is 0. The molecule has 70 heavy (non-hydrogen) atoms. The Bertz CT molecular complexity index is 1120. The molecule has 0 spiro atoms. The fourth-order valence-electron chi connectivity index (χ4n) is 7.36. The van der Waals surface area contributed by atoms with E-state index in [1.54, 1.807) is 0 Å². The summed E-state index contributed by atoms with van der Waals surface area (Å²) in [4.78, 5) is 74.1. The molecule has 0 aromatic carbocycles. The van der Waals surface area contributed by atoms with Crippen LogP contribution in [0.15, 0.2) is 0 Å². The standard InChI is InChI=1S/C37H68O8.C21H38O4/c1-5-9-13-17-21-25-33(38)42-29-37(30-43-34(39)26-22-18-14-10-6-2,31-44-35(40)27-23-19-15-11-7-3)32-45-36(41)28-24-20-16-12-8-4;1-5-7-9-11-13-15-19(22)24-17-21(3,4)18-25-20(23)16-14-12-10-8-6-2/h5-32H2,1-4H3;3-18H2,1-2H3. The van der Waals surface area contributed by atoms with Crippen LogP contribution >= 0.6 is 0 Å². The van der Waals surface area contributed by atoms with Gasteiger partial charge in [-0.05, 0) is 52.4 Å². The Kier molecular flexibility index (Phi) is 48.6. The van der Waals surface area contributed by atoms with Crippen molar-refractivity contribution >= 4 is 35.8 Å². The summed E-state index contributed by atoms with van der Waals surface area (Å²) in [6.07, 6.45) is 33.0. The summed E-state index contributed by atoms with van der Waals surface area (Å²) in [6.45, 7) is 20.2. The normalized spacial score (nSPS) is 11.3. The van der Waals surface area contributed by atoms with Gasteiger partial charge in [0.15, 0.2) is 0 Å². The largest absolute Gasteiger partial charge is 0.465 e. The second kappa shape index (κ2) is 49.4. The lowest BCUT2D eigenvalue weighted by Gasteiger charge is -2.31. The van der Waals surface area contributed by atoms with Gasteiger partial charge in [0.25, 0.3) is 0 Å². The Morgan fingerprint density at radius 2 is 0.414 bits per heavy atom. The van der Waals surface area contributed by atoms with E-state index in [4.69, 9.17) is 28.4 Å². The van der Waals surface area contributed by atoms with Crippen LogP contribution in [0.25, 0.3) is 0 Å². The number of rotatable bonds is 48. The zero-order valence-corrected chi connectivity index (χ0v) is 46.0. The molecule has 0 atom stereocenters. The first kappa shape index (κ1) is 68.9. The number of carbonyl (C=O) groups excluding carboxylic acids is 6. The van der Waals surface area contributed by atoms with Crippen molar-refractivity contribution in [1.82, 2.24) is 0 Å². The van der Waals surface area contributed by atoms with E-state index >= 15 is 0 Å². The van der Waals surface area contributed by atoms with Crippen molar-refractivity contribution in [3.63, 3.8) is 0 Å². The average Bonchev–Trinajstić information content (AvgIpc) is 3.34. The third-order valence-electron chi connectivity index (χ3n) is 12.1. The maximum absolute atomic E-state index is 12.7. The van der Waals surface area contributed by atoms with Gasteiger partial charge in [-0.25, -0.2) is 0 Å². The highest BCUT2D eigenvalue weighted by Gasteiger charge is 2.38. The van der Waals surface area contributed by atoms with Gasteiger partial charge in [-0.15, -0.1) is 0 Å². The second-order valence-electron chi connectivity index (χ2n) is 19.9. The van der Waals surface area contributed by atoms with Gasteiger partial charge in [0.1, 0.15) is 45.1 Å². The summed E-state index contributed by atoms with van der Waals surface area (Å²) in [5.41, 5.74) is -2.01. The fourth-order valence-corrected chi connectivity index (χ4v) is 7.36. The number of hydrogen-bond donors (Lipinski definition) is 0. The van der Waals surface area contributed by atoms with E-state index in [-0.39, 0.29) is 101 Å². The van der Waals surface area contributed by atoms with E-state index in [0.717, 1.165) is 167 Å². The summed E-state index contributed by atoms with van der Waals surface area (Å²) < 4.78 is 33.1. The van der Waals surface area contributed by atoms with Crippen molar-refractivity contribution in [2.45, 2.75) is 273 Å². The number of esters is 6. The Hall–Kier alpha value is -3.18. The third kappa shape index (κ3) is 47.2. The molecular formula is C58H106O12. The van der Waals surface area contributed by atoms with Crippen molar-refractivity contribution in [1.29, 1.82) is 0 Å². The zero-order valence-electron chi connectivity index (χ0n) is 46.0. The molecule has 0 N–H and O–H groups in total. The topological polar surface area (TPSA) is 158 Å². The van der Waals surface area contributed by atoms with Crippen LogP contribution in [0.1, 0.15) is 273 Å². The van der Waals surface area contributed by atoms with Gasteiger partial charge < -0.3 is 28.4 Å². The predicted octanol–water partition coefficient (Wildman–Crippen LogP) is 15.0. The van der Waals surface area contributed by atoms with Crippen molar-refractivity contribution in [2.24, 2.45) is 10.8 Å². The minimum Gasteiger partial charge on any atom is -0.465 e. The quantitative estimate of drug-likeness (QED) is 0.0323. The van der Waals surface area contributed by atoms with Crippen LogP contribution < -0.4 is 0 Å². The monoisotopic (exact) mass is 995 g/mol. The van der Waals surface area contributed by atoms with Crippen molar-refractivity contribution in [3.8, 4) is 0 Å². The number of carbonyl (C=O) groups is 6. The molecule has 0 aliphatic rings. The average molecular weight is 995 g/mol. The minimum absolute atomic E-state index is 0.0740. The van der Waals surface area contributed by atoms with Gasteiger partial charge in [-0.2, -0.15) is 0 Å². The Labute approximate surface area is 428 Å². The van der Waals surface area contributed by atoms with E-state index in [9.17, 15) is 28.8 Å². The van der Waals surface area contributed by atoms with Gasteiger partial charge in [-0.3, -0.25) is 28.8 Å². The molecule has 0 unspecified atom stereocenters. The Balaban J connectivity index is 0. The highest BCUT2D eigenvalue weighted by molar-refractivity contribution is 5.71. The first-order valence-corrected chi connectivity index (χ1v) is 28.4. The highest BCUT2D eigenvalue weighted by Crippen LogP contribution is 2.24. The van der Waals surface area contributed by atoms with E-state index in [0.29, 0.717) is 12.8 Å². The molecule has 410 valence electrons. The van der Waals surface area contributed by atoms with Crippen LogP contribution in [-0.4, -0.2) is 75.5 Å². The molecule has 0 heterocycles. The van der Waals surface area contributed by atoms with Crippen LogP contribution in [0.4, 0.5) is 0 Å². The molecule has 0 rings (SSSR count). The SMILES string of the molecule is CCCCCCCC(=O)OCC(COC(=O)CCCCCCC)(COC(=O)CCCCCCC)COC(=O)CCCCCCC.[CH2]C([CH2])(COC(=O)CCCCCCC)COC(=O)CCCCCCC. The van der Waals surface area contributed by atoms with Crippen molar-refractivity contribution in [2.75, 3.05) is 39.6 Å². The summed E-state index contributed by atoms with van der Waals surface area (Å²) >= 11 is 0. The summed E-state index contributed by atoms with van der Waals surface area (Å²) in [5.74, 6) is -1.89. The molecule has 0 amide bonds. The Morgan fingerprint density at radius 1 is 0.257 bits per heavy atom. The summed E-state index contributed by atoms with van der Waals surface area (Å²) in [7, 11) is 0. The molecule has 0 aromatic heterocycles. The van der Waals surface area contributed by atoms with Crippen LogP contribution in [-0.2, 0) is 57.2 Å². The number of ether oxygens (including phenoxy) is 6. The first-order chi connectivity index (χ1) is 33.7. The molecule has 0 saturated carbocycles. The lowest BCUT2D eigenvalue weighted by Crippen LogP contribution is -2.44. The highest BCUT2D eigenvalue weighted by atomic mass is 16.6. The summed E-state index contributed by atoms with van der Waals surface area (Å²) in [6, 6.07) is 0. The van der Waals surface area contributed by atoms with Crippen molar-refractivity contribution in [3.05, 3.63) is 13.8 Å². The first-order valence-electron chi connectivity index (χ1n) is 28.4. The van der Waals surface area contributed by atoms with Gasteiger partial charge in [-0.1, -0.05) is 196 Å². The smallest absolute Gasteiger partial charge is 0.305 e. The molecule has 0 saturated heterocycles.